The first-order valence-electron chi connectivity index (χ1n) is 18.0. The van der Waals surface area contributed by atoms with Crippen molar-refractivity contribution in [3.05, 3.63) is 0 Å². The molecule has 0 spiro atoms. The van der Waals surface area contributed by atoms with Crippen molar-refractivity contribution in [2.45, 2.75) is 161 Å². The van der Waals surface area contributed by atoms with E-state index in [4.69, 9.17) is 9.47 Å². The van der Waals surface area contributed by atoms with Gasteiger partial charge in [0.1, 0.15) is 24.4 Å². The van der Waals surface area contributed by atoms with Gasteiger partial charge in [-0.1, -0.05) is 27.7 Å². The summed E-state index contributed by atoms with van der Waals surface area (Å²) >= 11 is 0. The fourth-order valence-corrected chi connectivity index (χ4v) is 11.8. The monoisotopic (exact) mass is 670 g/mol. The Balaban J connectivity index is 1.38. The molecule has 272 valence electrons. The maximum Gasteiger partial charge on any atom is 0.317 e. The maximum absolute atomic E-state index is 14.1. The molecule has 5 rings (SSSR count). The highest BCUT2D eigenvalue weighted by molar-refractivity contribution is 5.78. The lowest BCUT2D eigenvalue weighted by Gasteiger charge is -2.68. The molecule has 0 bridgehead atoms. The van der Waals surface area contributed by atoms with Crippen LogP contribution in [0.1, 0.15) is 106 Å². The lowest BCUT2D eigenvalue weighted by atomic mass is 9.37. The number of ether oxygens (including phenoxy) is 2. The van der Waals surface area contributed by atoms with E-state index < -0.39 is 83.9 Å². The molecule has 0 aromatic carbocycles. The first kappa shape index (κ1) is 37.4. The van der Waals surface area contributed by atoms with Crippen LogP contribution in [0.3, 0.4) is 0 Å². The number of esters is 1. The smallest absolute Gasteiger partial charge is 0.317 e. The predicted octanol–water partition coefficient (Wildman–Crippen LogP) is 1.87. The largest absolute Gasteiger partial charge is 0.432 e. The van der Waals surface area contributed by atoms with Crippen LogP contribution in [0, 0.1) is 51.2 Å². The molecule has 0 aromatic heterocycles. The average molecular weight is 671 g/mol. The Labute approximate surface area is 279 Å². The molecule has 0 aromatic rings. The van der Waals surface area contributed by atoms with Gasteiger partial charge < -0.3 is 50.3 Å². The SMILES string of the molecule is C[C@@H](CC[C@H](O)C(C)(C)O)[C@@H]1CC[C@]2(C)[C@H]3CC[C@H]4[C@](C)(C(=O)O[C@H]5O[C@@H](CO)[C@H](O)[C@@H](O)[C@@H]5O)[C@@H](O)C[C@@H](O)[C@@]4(C)[C@@H]3CC[C@@]12C. The normalized spacial score (nSPS) is 51.3. The van der Waals surface area contributed by atoms with Crippen LogP contribution in [-0.4, -0.2) is 108 Å². The van der Waals surface area contributed by atoms with Crippen molar-refractivity contribution in [1.82, 2.24) is 0 Å². The molecule has 1 saturated heterocycles. The van der Waals surface area contributed by atoms with Crippen LogP contribution in [0.4, 0.5) is 0 Å². The lowest BCUT2D eigenvalue weighted by molar-refractivity contribution is -0.303. The zero-order valence-electron chi connectivity index (χ0n) is 29.4. The Morgan fingerprint density at radius 2 is 1.51 bits per heavy atom. The van der Waals surface area contributed by atoms with Crippen molar-refractivity contribution in [2.24, 2.45) is 51.2 Å². The fourth-order valence-electron chi connectivity index (χ4n) is 11.8. The standard InChI is InChI=1S/C36H62O11/c1-18(8-11-24(38)32(2,3)45)19-12-14-34(5)20-9-10-23-35(6,21(20)13-15-33(19,34)4)25(39)16-26(40)36(23,7)31(44)47-30-29(43)28(42)27(41)22(17-37)46-30/h18-30,37-43,45H,8-17H2,1-7H3/t18-,19-,20-,21+,22-,23+,24-,25+,26-,27-,28+,29-,30+,33-,34+,35-,36-/m0/s1. The third kappa shape index (κ3) is 5.62. The Bertz CT molecular complexity index is 1140. The molecular weight excluding hydrogens is 608 g/mol. The average Bonchev–Trinajstić information content (AvgIpc) is 3.29. The Kier molecular flexibility index (Phi) is 10.1. The molecule has 5 aliphatic rings. The molecule has 4 saturated carbocycles. The topological polar surface area (TPSA) is 197 Å². The number of carbonyl (C=O) groups excluding carboxylic acids is 1. The number of hydrogen-bond donors (Lipinski definition) is 8. The Morgan fingerprint density at radius 3 is 2.13 bits per heavy atom. The Morgan fingerprint density at radius 1 is 0.872 bits per heavy atom. The predicted molar refractivity (Wildman–Crippen MR) is 171 cm³/mol. The second-order valence-electron chi connectivity index (χ2n) is 17.6. The molecular formula is C36H62O11. The van der Waals surface area contributed by atoms with Crippen molar-refractivity contribution in [3.8, 4) is 0 Å². The highest BCUT2D eigenvalue weighted by Gasteiger charge is 2.71. The fraction of sp³-hybridized carbons (Fsp3) is 0.972. The molecule has 0 amide bonds. The quantitative estimate of drug-likeness (QED) is 0.176. The number of aliphatic hydroxyl groups excluding tert-OH is 7. The molecule has 1 heterocycles. The summed E-state index contributed by atoms with van der Waals surface area (Å²) in [4.78, 5) is 14.1. The van der Waals surface area contributed by atoms with Crippen LogP contribution in [0.25, 0.3) is 0 Å². The summed E-state index contributed by atoms with van der Waals surface area (Å²) < 4.78 is 11.1. The van der Waals surface area contributed by atoms with Gasteiger partial charge in [-0.05, 0) is 113 Å². The minimum Gasteiger partial charge on any atom is -0.432 e. The van der Waals surface area contributed by atoms with Gasteiger partial charge in [-0.25, -0.2) is 0 Å². The number of rotatable bonds is 8. The van der Waals surface area contributed by atoms with Crippen LogP contribution in [0.15, 0.2) is 0 Å². The first-order valence-corrected chi connectivity index (χ1v) is 18.0. The van der Waals surface area contributed by atoms with Crippen LogP contribution in [-0.2, 0) is 14.3 Å². The number of aliphatic hydroxyl groups is 8. The van der Waals surface area contributed by atoms with Gasteiger partial charge in [-0.2, -0.15) is 0 Å². The molecule has 0 radical (unpaired) electrons. The third-order valence-electron chi connectivity index (χ3n) is 15.2. The summed E-state index contributed by atoms with van der Waals surface area (Å²) in [6.45, 7) is 13.5. The van der Waals surface area contributed by atoms with E-state index in [0.717, 1.165) is 38.5 Å². The molecule has 0 unspecified atom stereocenters. The van der Waals surface area contributed by atoms with Gasteiger partial charge in [0.05, 0.1) is 35.9 Å². The lowest BCUT2D eigenvalue weighted by Crippen LogP contribution is -2.68. The van der Waals surface area contributed by atoms with Crippen LogP contribution < -0.4 is 0 Å². The molecule has 5 fully saturated rings. The van der Waals surface area contributed by atoms with E-state index in [9.17, 15) is 45.6 Å². The second-order valence-corrected chi connectivity index (χ2v) is 17.6. The van der Waals surface area contributed by atoms with E-state index in [-0.39, 0.29) is 23.2 Å². The van der Waals surface area contributed by atoms with Gasteiger partial charge in [0, 0.05) is 11.8 Å². The highest BCUT2D eigenvalue weighted by atomic mass is 16.7. The van der Waals surface area contributed by atoms with E-state index >= 15 is 0 Å². The summed E-state index contributed by atoms with van der Waals surface area (Å²) in [5.74, 6) is 0.0122. The zero-order valence-corrected chi connectivity index (χ0v) is 29.4. The molecule has 47 heavy (non-hydrogen) atoms. The first-order chi connectivity index (χ1) is 21.7. The molecule has 4 aliphatic carbocycles. The van der Waals surface area contributed by atoms with Gasteiger partial charge in [-0.3, -0.25) is 4.79 Å². The van der Waals surface area contributed by atoms with Gasteiger partial charge >= 0.3 is 5.97 Å². The minimum absolute atomic E-state index is 0.000705. The maximum atomic E-state index is 14.1. The number of carbonyl (C=O) groups is 1. The summed E-state index contributed by atoms with van der Waals surface area (Å²) in [6, 6.07) is 0. The summed E-state index contributed by atoms with van der Waals surface area (Å²) in [6.07, 6.45) is -3.96. The van der Waals surface area contributed by atoms with Crippen LogP contribution >= 0.6 is 0 Å². The van der Waals surface area contributed by atoms with E-state index in [1.54, 1.807) is 20.8 Å². The van der Waals surface area contributed by atoms with Crippen LogP contribution in [0.5, 0.6) is 0 Å². The van der Waals surface area contributed by atoms with Gasteiger partial charge in [-0.15, -0.1) is 0 Å². The summed E-state index contributed by atoms with van der Waals surface area (Å²) in [5, 5.41) is 84.7. The van der Waals surface area contributed by atoms with E-state index in [0.29, 0.717) is 30.6 Å². The molecule has 17 atom stereocenters. The van der Waals surface area contributed by atoms with Gasteiger partial charge in [0.25, 0.3) is 0 Å². The van der Waals surface area contributed by atoms with Crippen molar-refractivity contribution in [2.75, 3.05) is 6.61 Å². The van der Waals surface area contributed by atoms with Crippen molar-refractivity contribution >= 4 is 5.97 Å². The summed E-state index contributed by atoms with van der Waals surface area (Å²) in [7, 11) is 0. The van der Waals surface area contributed by atoms with E-state index in [1.165, 1.54) is 0 Å². The minimum atomic E-state index is -1.75. The highest BCUT2D eigenvalue weighted by Crippen LogP contribution is 2.74. The number of fused-ring (bicyclic) bond motifs is 5. The second kappa shape index (κ2) is 12.7. The van der Waals surface area contributed by atoms with Gasteiger partial charge in [0.15, 0.2) is 0 Å². The zero-order chi connectivity index (χ0) is 35.1. The molecule has 1 aliphatic heterocycles. The third-order valence-corrected chi connectivity index (χ3v) is 15.2. The molecule has 11 nitrogen and oxygen atoms in total. The Hall–Kier alpha value is -0.890. The molecule has 8 N–H and O–H groups in total. The number of hydrogen-bond acceptors (Lipinski definition) is 11. The summed E-state index contributed by atoms with van der Waals surface area (Å²) in [5.41, 5.74) is -3.21. The van der Waals surface area contributed by atoms with Crippen molar-refractivity contribution < 1.29 is 55.1 Å². The van der Waals surface area contributed by atoms with Crippen molar-refractivity contribution in [3.63, 3.8) is 0 Å². The van der Waals surface area contributed by atoms with Crippen LogP contribution in [0.2, 0.25) is 0 Å². The molecule has 11 heteroatoms. The van der Waals surface area contributed by atoms with E-state index in [2.05, 4.69) is 27.7 Å². The van der Waals surface area contributed by atoms with E-state index in [1.807, 2.05) is 0 Å². The van der Waals surface area contributed by atoms with Gasteiger partial charge in [0.2, 0.25) is 6.29 Å². The van der Waals surface area contributed by atoms with Crippen molar-refractivity contribution in [1.29, 1.82) is 0 Å².